The molecule has 0 saturated heterocycles. The molecule has 162 valence electrons. The van der Waals surface area contributed by atoms with Crippen molar-refractivity contribution in [2.45, 2.75) is 13.8 Å². The fourth-order valence-corrected chi connectivity index (χ4v) is 4.71. The van der Waals surface area contributed by atoms with E-state index in [1.54, 1.807) is 43.1 Å². The molecule has 0 aromatic heterocycles. The summed E-state index contributed by atoms with van der Waals surface area (Å²) < 4.78 is 5.59. The summed E-state index contributed by atoms with van der Waals surface area (Å²) in [6.07, 6.45) is 7.83. The Morgan fingerprint density at radius 2 is 1.69 bits per heavy atom. The van der Waals surface area contributed by atoms with Gasteiger partial charge in [-0.25, -0.2) is 0 Å². The van der Waals surface area contributed by atoms with Gasteiger partial charge in [-0.05, 0) is 54.7 Å². The number of allylic oxidation sites excluding steroid dienone is 6. The monoisotopic (exact) mass is 443 g/mol. The maximum Gasteiger partial charge on any atom is 0.198 e. The number of rotatable bonds is 5. The second-order valence-electron chi connectivity index (χ2n) is 7.71. The van der Waals surface area contributed by atoms with Gasteiger partial charge in [0.05, 0.1) is 12.7 Å². The highest BCUT2D eigenvalue weighted by Gasteiger charge is 2.34. The summed E-state index contributed by atoms with van der Waals surface area (Å²) >= 11 is 1.61. The zero-order chi connectivity index (χ0) is 22.8. The van der Waals surface area contributed by atoms with Crippen molar-refractivity contribution in [3.05, 3.63) is 98.3 Å². The van der Waals surface area contributed by atoms with Crippen LogP contribution in [-0.2, 0) is 0 Å². The predicted octanol–water partition coefficient (Wildman–Crippen LogP) is 6.07. The van der Waals surface area contributed by atoms with Crippen LogP contribution in [0.1, 0.15) is 40.1 Å². The van der Waals surface area contributed by atoms with Crippen molar-refractivity contribution in [2.24, 2.45) is 0 Å². The van der Waals surface area contributed by atoms with Crippen LogP contribution in [0.3, 0.4) is 0 Å². The Bertz CT molecular complexity index is 1200. The van der Waals surface area contributed by atoms with Gasteiger partial charge in [0.25, 0.3) is 0 Å². The van der Waals surface area contributed by atoms with E-state index in [9.17, 15) is 9.59 Å². The Kier molecular flexibility index (Phi) is 6.19. The number of methoxy groups -OCH3 is 1. The molecule has 1 aliphatic carbocycles. The minimum Gasteiger partial charge on any atom is -0.496 e. The van der Waals surface area contributed by atoms with E-state index in [0.717, 1.165) is 33.4 Å². The van der Waals surface area contributed by atoms with E-state index in [4.69, 9.17) is 4.74 Å². The third-order valence-electron chi connectivity index (χ3n) is 5.65. The Morgan fingerprint density at radius 1 is 1.00 bits per heavy atom. The largest absolute Gasteiger partial charge is 0.496 e. The molecule has 1 aliphatic heterocycles. The highest BCUT2D eigenvalue weighted by atomic mass is 32.2. The third kappa shape index (κ3) is 4.08. The smallest absolute Gasteiger partial charge is 0.198 e. The average molecular weight is 444 g/mol. The molecular formula is C27H25NO3S. The summed E-state index contributed by atoms with van der Waals surface area (Å²) in [6.45, 7) is 5.00. The van der Waals surface area contributed by atoms with Crippen molar-refractivity contribution < 1.29 is 14.3 Å². The van der Waals surface area contributed by atoms with Gasteiger partial charge in [-0.15, -0.1) is 0 Å². The van der Waals surface area contributed by atoms with Crippen LogP contribution < -0.4 is 9.64 Å². The first kappa shape index (κ1) is 21.9. The molecule has 32 heavy (non-hydrogen) atoms. The number of hydrogen-bond acceptors (Lipinski definition) is 5. The van der Waals surface area contributed by atoms with E-state index < -0.39 is 0 Å². The second-order valence-corrected chi connectivity index (χ2v) is 9.03. The number of ether oxygens (including phenoxy) is 1. The number of benzene rings is 2. The Balaban J connectivity index is 1.68. The predicted molar refractivity (Wildman–Crippen MR) is 133 cm³/mol. The molecule has 0 radical (unpaired) electrons. The molecule has 0 spiro atoms. The summed E-state index contributed by atoms with van der Waals surface area (Å²) in [5, 5.41) is 0. The lowest BCUT2D eigenvalue weighted by Crippen LogP contribution is -2.15. The molecule has 2 aromatic carbocycles. The third-order valence-corrected chi connectivity index (χ3v) is 6.58. The Labute approximate surface area is 193 Å². The number of carbonyl (C=O) groups is 2. The molecule has 1 heterocycles. The van der Waals surface area contributed by atoms with E-state index in [0.29, 0.717) is 16.7 Å². The highest BCUT2D eigenvalue weighted by Crippen LogP contribution is 2.38. The first-order valence-electron chi connectivity index (χ1n) is 10.5. The fourth-order valence-electron chi connectivity index (χ4n) is 3.83. The summed E-state index contributed by atoms with van der Waals surface area (Å²) in [5.41, 5.74) is 3.94. The summed E-state index contributed by atoms with van der Waals surface area (Å²) in [7, 11) is 3.71. The standard InChI is InChI=1S/C27H25NO3S/c1-5-28(3)20-12-10-18(24(16-20)31-4)11-13-21-15-19(14-17(2)32-21)25-26(29)22-8-6-7-9-23(22)27(25)30/h6-16H,5H2,1-4H3/b13-11+. The van der Waals surface area contributed by atoms with Gasteiger partial charge in [0.15, 0.2) is 11.6 Å². The molecule has 0 amide bonds. The number of thioether (sulfide) groups is 1. The molecule has 0 N–H and O–H groups in total. The molecule has 0 unspecified atom stereocenters. The van der Waals surface area contributed by atoms with Crippen LogP contribution in [0.15, 0.2) is 81.6 Å². The number of Topliss-reactive ketones (excluding diaryl/α,β-unsaturated/α-hetero) is 2. The maximum absolute atomic E-state index is 12.9. The van der Waals surface area contributed by atoms with Crippen LogP contribution in [0.5, 0.6) is 5.75 Å². The van der Waals surface area contributed by atoms with E-state index in [2.05, 4.69) is 17.9 Å². The number of hydrogen-bond donors (Lipinski definition) is 0. The van der Waals surface area contributed by atoms with Gasteiger partial charge in [0.2, 0.25) is 0 Å². The highest BCUT2D eigenvalue weighted by molar-refractivity contribution is 8.06. The number of fused-ring (bicyclic) bond motifs is 1. The number of ketones is 2. The molecule has 4 rings (SSSR count). The van der Waals surface area contributed by atoms with Crippen LogP contribution in [0.25, 0.3) is 6.08 Å². The normalized spacial score (nSPS) is 15.8. The summed E-state index contributed by atoms with van der Waals surface area (Å²) in [4.78, 5) is 30.0. The zero-order valence-electron chi connectivity index (χ0n) is 18.6. The molecule has 2 aromatic rings. The van der Waals surface area contributed by atoms with E-state index in [1.165, 1.54) is 0 Å². The zero-order valence-corrected chi connectivity index (χ0v) is 19.5. The van der Waals surface area contributed by atoms with Crippen LogP contribution >= 0.6 is 11.8 Å². The average Bonchev–Trinajstić information content (AvgIpc) is 3.06. The SMILES string of the molecule is CCN(C)c1ccc(/C=C/C2=CC(=C3C(=O)c4ccccc4C3=O)C=C(C)S2)c(OC)c1. The molecule has 2 aliphatic rings. The lowest BCUT2D eigenvalue weighted by atomic mass is 10.0. The molecule has 0 saturated carbocycles. The molecule has 0 fully saturated rings. The summed E-state index contributed by atoms with van der Waals surface area (Å²) in [5.74, 6) is 0.393. The molecular weight excluding hydrogens is 418 g/mol. The first-order chi connectivity index (χ1) is 15.4. The maximum atomic E-state index is 12.9. The van der Waals surface area contributed by atoms with E-state index in [1.807, 2.05) is 50.4 Å². The molecule has 0 atom stereocenters. The van der Waals surface area contributed by atoms with Crippen molar-refractivity contribution in [1.82, 2.24) is 0 Å². The minimum absolute atomic E-state index is 0.201. The van der Waals surface area contributed by atoms with Crippen LogP contribution in [-0.4, -0.2) is 32.3 Å². The molecule has 5 heteroatoms. The van der Waals surface area contributed by atoms with Crippen LogP contribution in [0.4, 0.5) is 5.69 Å². The van der Waals surface area contributed by atoms with Crippen molar-refractivity contribution in [2.75, 3.05) is 25.6 Å². The van der Waals surface area contributed by atoms with Crippen molar-refractivity contribution in [3.8, 4) is 5.75 Å². The Morgan fingerprint density at radius 3 is 2.31 bits per heavy atom. The quantitative estimate of drug-likeness (QED) is 0.414. The number of nitrogens with zero attached hydrogens (tertiary/aromatic N) is 1. The van der Waals surface area contributed by atoms with Crippen LogP contribution in [0.2, 0.25) is 0 Å². The number of anilines is 1. The van der Waals surface area contributed by atoms with E-state index in [-0.39, 0.29) is 17.1 Å². The van der Waals surface area contributed by atoms with Gasteiger partial charge >= 0.3 is 0 Å². The van der Waals surface area contributed by atoms with Gasteiger partial charge in [0.1, 0.15) is 5.75 Å². The lowest BCUT2D eigenvalue weighted by molar-refractivity contribution is 0.0988. The van der Waals surface area contributed by atoms with Gasteiger partial charge in [-0.2, -0.15) is 0 Å². The molecule has 4 nitrogen and oxygen atoms in total. The van der Waals surface area contributed by atoms with Gasteiger partial charge < -0.3 is 9.64 Å². The van der Waals surface area contributed by atoms with Gasteiger partial charge in [-0.3, -0.25) is 9.59 Å². The van der Waals surface area contributed by atoms with E-state index >= 15 is 0 Å². The van der Waals surface area contributed by atoms with Crippen LogP contribution in [0, 0.1) is 0 Å². The van der Waals surface area contributed by atoms with Gasteiger partial charge in [0, 0.05) is 46.9 Å². The first-order valence-corrected chi connectivity index (χ1v) is 11.3. The Hall–Kier alpha value is -3.31. The number of carbonyl (C=O) groups excluding carboxylic acids is 2. The topological polar surface area (TPSA) is 46.6 Å². The van der Waals surface area contributed by atoms with Gasteiger partial charge in [-0.1, -0.05) is 42.1 Å². The summed E-state index contributed by atoms with van der Waals surface area (Å²) in [6, 6.07) is 13.1. The lowest BCUT2D eigenvalue weighted by Gasteiger charge is -2.18. The fraction of sp³-hybridized carbons (Fsp3) is 0.185. The van der Waals surface area contributed by atoms with Crippen molar-refractivity contribution >= 4 is 35.1 Å². The van der Waals surface area contributed by atoms with Crippen molar-refractivity contribution in [3.63, 3.8) is 0 Å². The second kappa shape index (κ2) is 9.05. The van der Waals surface area contributed by atoms with Crippen molar-refractivity contribution in [1.29, 1.82) is 0 Å². The minimum atomic E-state index is -0.201. The molecule has 0 bridgehead atoms.